The maximum atomic E-state index is 5.85. The van der Waals surface area contributed by atoms with Crippen LogP contribution in [0, 0.1) is 0 Å². The molecule has 0 aliphatic heterocycles. The van der Waals surface area contributed by atoms with E-state index >= 15 is 0 Å². The van der Waals surface area contributed by atoms with Crippen molar-refractivity contribution in [3.05, 3.63) is 47.5 Å². The lowest BCUT2D eigenvalue weighted by molar-refractivity contribution is 0.836. The van der Waals surface area contributed by atoms with Crippen molar-refractivity contribution in [2.75, 3.05) is 5.43 Å². The molecule has 0 saturated heterocycles. The largest absolute Gasteiger partial charge is 0.319 e. The van der Waals surface area contributed by atoms with Gasteiger partial charge >= 0.3 is 0 Å². The van der Waals surface area contributed by atoms with Gasteiger partial charge in [0.2, 0.25) is 0 Å². The number of nitrogens with one attached hydrogen (secondary N) is 1. The Morgan fingerprint density at radius 1 is 1.29 bits per heavy atom. The van der Waals surface area contributed by atoms with E-state index in [0.29, 0.717) is 6.54 Å². The van der Waals surface area contributed by atoms with Crippen LogP contribution in [0.3, 0.4) is 0 Å². The van der Waals surface area contributed by atoms with Crippen LogP contribution in [0.4, 0.5) is 0 Å². The molecule has 0 fully saturated rings. The molecular formula is C9H9ClN4. The van der Waals surface area contributed by atoms with Crippen molar-refractivity contribution in [2.24, 2.45) is 0 Å². The van der Waals surface area contributed by atoms with Crippen molar-refractivity contribution in [3.8, 4) is 0 Å². The Morgan fingerprint density at radius 2 is 2.07 bits per heavy atom. The van der Waals surface area contributed by atoms with E-state index < -0.39 is 0 Å². The third-order valence-electron chi connectivity index (χ3n) is 1.77. The summed E-state index contributed by atoms with van der Waals surface area (Å²) in [5.74, 6) is 0. The summed E-state index contributed by atoms with van der Waals surface area (Å²) < 4.78 is 1.70. The Labute approximate surface area is 86.5 Å². The Morgan fingerprint density at radius 3 is 2.79 bits per heavy atom. The fourth-order valence-corrected chi connectivity index (χ4v) is 1.32. The molecule has 0 amide bonds. The topological polar surface area (TPSA) is 42.7 Å². The fraction of sp³-hybridized carbons (Fsp3) is 0.111. The minimum absolute atomic E-state index is 0.693. The zero-order valence-corrected chi connectivity index (χ0v) is 8.15. The molecule has 72 valence electrons. The summed E-state index contributed by atoms with van der Waals surface area (Å²) in [6.07, 6.45) is 3.20. The number of hydrogen-bond acceptors (Lipinski definition) is 3. The Kier molecular flexibility index (Phi) is 2.65. The van der Waals surface area contributed by atoms with E-state index in [-0.39, 0.29) is 0 Å². The third-order valence-corrected chi connectivity index (χ3v) is 2.01. The standard InChI is InChI=1S/C9H9ClN4/c10-9-3-1-2-8(4-9)5-13-14-6-11-12-7-14/h1-4,6-7,13H,5H2. The van der Waals surface area contributed by atoms with Crippen LogP contribution in [-0.4, -0.2) is 14.9 Å². The lowest BCUT2D eigenvalue weighted by Crippen LogP contribution is -2.11. The second-order valence-electron chi connectivity index (χ2n) is 2.83. The lowest BCUT2D eigenvalue weighted by Gasteiger charge is -2.05. The number of nitrogens with zero attached hydrogens (tertiary/aromatic N) is 3. The third kappa shape index (κ3) is 2.23. The van der Waals surface area contributed by atoms with E-state index in [9.17, 15) is 0 Å². The molecule has 0 aliphatic carbocycles. The molecule has 0 saturated carbocycles. The SMILES string of the molecule is Clc1cccc(CNn2cnnc2)c1. The molecule has 4 nitrogen and oxygen atoms in total. The first kappa shape index (κ1) is 9.02. The predicted molar refractivity (Wildman–Crippen MR) is 54.5 cm³/mol. The summed E-state index contributed by atoms with van der Waals surface area (Å²) in [7, 11) is 0. The molecule has 1 aromatic heterocycles. The van der Waals surface area contributed by atoms with Gasteiger partial charge in [-0.05, 0) is 17.7 Å². The van der Waals surface area contributed by atoms with Gasteiger partial charge < -0.3 is 5.43 Å². The number of rotatable bonds is 3. The Hall–Kier alpha value is -1.55. The van der Waals surface area contributed by atoms with Crippen molar-refractivity contribution in [3.63, 3.8) is 0 Å². The zero-order chi connectivity index (χ0) is 9.80. The molecule has 0 atom stereocenters. The molecule has 2 aromatic rings. The number of aromatic nitrogens is 3. The van der Waals surface area contributed by atoms with Gasteiger partial charge in [0.15, 0.2) is 0 Å². The number of benzene rings is 1. The van der Waals surface area contributed by atoms with Gasteiger partial charge in [-0.3, -0.25) is 0 Å². The van der Waals surface area contributed by atoms with Crippen molar-refractivity contribution < 1.29 is 0 Å². The van der Waals surface area contributed by atoms with Crippen LogP contribution in [0.2, 0.25) is 5.02 Å². The number of halogens is 1. The average Bonchev–Trinajstić information content (AvgIpc) is 2.67. The molecule has 0 unspecified atom stereocenters. The first-order chi connectivity index (χ1) is 6.84. The predicted octanol–water partition coefficient (Wildman–Crippen LogP) is 1.68. The summed E-state index contributed by atoms with van der Waals surface area (Å²) in [4.78, 5) is 0. The van der Waals surface area contributed by atoms with Crippen molar-refractivity contribution in [1.29, 1.82) is 0 Å². The van der Waals surface area contributed by atoms with Crippen molar-refractivity contribution in [1.82, 2.24) is 14.9 Å². The monoisotopic (exact) mass is 208 g/mol. The van der Waals surface area contributed by atoms with E-state index in [1.807, 2.05) is 24.3 Å². The second-order valence-corrected chi connectivity index (χ2v) is 3.27. The normalized spacial score (nSPS) is 10.1. The van der Waals surface area contributed by atoms with E-state index in [4.69, 9.17) is 11.6 Å². The molecule has 0 bridgehead atoms. The highest BCUT2D eigenvalue weighted by atomic mass is 35.5. The Bertz CT molecular complexity index is 399. The lowest BCUT2D eigenvalue weighted by atomic mass is 10.2. The van der Waals surface area contributed by atoms with Gasteiger partial charge in [0.05, 0.1) is 6.54 Å². The first-order valence-corrected chi connectivity index (χ1v) is 4.55. The highest BCUT2D eigenvalue weighted by molar-refractivity contribution is 6.30. The fourth-order valence-electron chi connectivity index (χ4n) is 1.11. The molecule has 14 heavy (non-hydrogen) atoms. The van der Waals surface area contributed by atoms with Crippen LogP contribution in [0.1, 0.15) is 5.56 Å². The van der Waals surface area contributed by atoms with Gasteiger partial charge in [-0.2, -0.15) is 0 Å². The minimum Gasteiger partial charge on any atom is -0.319 e. The zero-order valence-electron chi connectivity index (χ0n) is 7.39. The summed E-state index contributed by atoms with van der Waals surface area (Å²) in [5, 5.41) is 8.10. The van der Waals surface area contributed by atoms with Crippen LogP contribution < -0.4 is 5.43 Å². The molecule has 0 aliphatic rings. The second kappa shape index (κ2) is 4.11. The summed E-state index contributed by atoms with van der Waals surface area (Å²) in [6.45, 7) is 0.693. The molecule has 1 heterocycles. The van der Waals surface area contributed by atoms with Gasteiger partial charge in [-0.25, -0.2) is 4.68 Å². The Balaban J connectivity index is 1.98. The van der Waals surface area contributed by atoms with E-state index in [2.05, 4.69) is 15.6 Å². The number of hydrogen-bond donors (Lipinski definition) is 1. The highest BCUT2D eigenvalue weighted by Gasteiger charge is 1.93. The molecule has 0 spiro atoms. The molecule has 2 rings (SSSR count). The van der Waals surface area contributed by atoms with Gasteiger partial charge in [-0.1, -0.05) is 23.7 Å². The molecular weight excluding hydrogens is 200 g/mol. The van der Waals surface area contributed by atoms with Crippen molar-refractivity contribution >= 4 is 11.6 Å². The average molecular weight is 209 g/mol. The maximum absolute atomic E-state index is 5.85. The smallest absolute Gasteiger partial charge is 0.138 e. The summed E-state index contributed by atoms with van der Waals surface area (Å²) in [5.41, 5.74) is 4.22. The van der Waals surface area contributed by atoms with Crippen LogP contribution in [0.5, 0.6) is 0 Å². The quantitative estimate of drug-likeness (QED) is 0.835. The minimum atomic E-state index is 0.693. The van der Waals surface area contributed by atoms with Crippen LogP contribution in [0.25, 0.3) is 0 Å². The summed E-state index contributed by atoms with van der Waals surface area (Å²) in [6, 6.07) is 7.69. The highest BCUT2D eigenvalue weighted by Crippen LogP contribution is 2.10. The van der Waals surface area contributed by atoms with Crippen LogP contribution >= 0.6 is 11.6 Å². The van der Waals surface area contributed by atoms with Crippen LogP contribution in [-0.2, 0) is 6.54 Å². The first-order valence-electron chi connectivity index (χ1n) is 4.17. The van der Waals surface area contributed by atoms with Gasteiger partial charge in [0.1, 0.15) is 12.7 Å². The van der Waals surface area contributed by atoms with Gasteiger partial charge in [0, 0.05) is 5.02 Å². The van der Waals surface area contributed by atoms with E-state index in [1.54, 1.807) is 17.3 Å². The van der Waals surface area contributed by atoms with E-state index in [1.165, 1.54) is 0 Å². The van der Waals surface area contributed by atoms with Gasteiger partial charge in [-0.15, -0.1) is 10.2 Å². The molecule has 1 N–H and O–H groups in total. The molecule has 1 aromatic carbocycles. The molecule has 5 heteroatoms. The maximum Gasteiger partial charge on any atom is 0.138 e. The van der Waals surface area contributed by atoms with Crippen molar-refractivity contribution in [2.45, 2.75) is 6.54 Å². The van der Waals surface area contributed by atoms with Gasteiger partial charge in [0.25, 0.3) is 0 Å². The van der Waals surface area contributed by atoms with E-state index in [0.717, 1.165) is 10.6 Å². The molecule has 0 radical (unpaired) electrons. The summed E-state index contributed by atoms with van der Waals surface area (Å²) >= 11 is 5.85. The van der Waals surface area contributed by atoms with Crippen LogP contribution in [0.15, 0.2) is 36.9 Å².